The van der Waals surface area contributed by atoms with Crippen LogP contribution < -0.4 is 10.9 Å². The third kappa shape index (κ3) is 4.95. The first-order valence-corrected chi connectivity index (χ1v) is 13.0. The number of aromatic nitrogens is 2. The Morgan fingerprint density at radius 3 is 2.58 bits per heavy atom. The van der Waals surface area contributed by atoms with Gasteiger partial charge in [-0.15, -0.1) is 11.3 Å². The van der Waals surface area contributed by atoms with Crippen molar-refractivity contribution in [1.82, 2.24) is 9.55 Å². The number of ether oxygens (including phenoxy) is 1. The van der Waals surface area contributed by atoms with Crippen molar-refractivity contribution in [3.8, 4) is 11.1 Å². The van der Waals surface area contributed by atoms with Gasteiger partial charge in [0.05, 0.1) is 23.4 Å². The molecule has 1 amide bonds. The third-order valence-corrected chi connectivity index (χ3v) is 7.17. The summed E-state index contributed by atoms with van der Waals surface area (Å²) in [6.07, 6.45) is 5.79. The second kappa shape index (κ2) is 10.1. The maximum absolute atomic E-state index is 13.4. The van der Waals surface area contributed by atoms with Crippen LogP contribution in [0.1, 0.15) is 48.2 Å². The Bertz CT molecular complexity index is 1500. The molecular formula is C28H27N3O4S. The van der Waals surface area contributed by atoms with E-state index in [1.807, 2.05) is 5.38 Å². The Morgan fingerprint density at radius 1 is 1.08 bits per heavy atom. The van der Waals surface area contributed by atoms with Crippen molar-refractivity contribution in [1.29, 1.82) is 0 Å². The zero-order valence-electron chi connectivity index (χ0n) is 20.2. The van der Waals surface area contributed by atoms with Crippen LogP contribution in [0, 0.1) is 0 Å². The van der Waals surface area contributed by atoms with Crippen molar-refractivity contribution >= 4 is 39.1 Å². The predicted molar refractivity (Wildman–Crippen MR) is 142 cm³/mol. The Balaban J connectivity index is 1.35. The first-order valence-electron chi connectivity index (χ1n) is 12.1. The highest BCUT2D eigenvalue weighted by Crippen LogP contribution is 2.33. The maximum atomic E-state index is 13.4. The van der Waals surface area contributed by atoms with Crippen molar-refractivity contribution in [2.24, 2.45) is 0 Å². The van der Waals surface area contributed by atoms with E-state index in [9.17, 15) is 14.4 Å². The molecule has 2 aromatic heterocycles. The molecule has 0 aliphatic heterocycles. The van der Waals surface area contributed by atoms with Gasteiger partial charge < -0.3 is 10.1 Å². The molecule has 0 spiro atoms. The highest BCUT2D eigenvalue weighted by Gasteiger charge is 2.17. The molecule has 36 heavy (non-hydrogen) atoms. The molecule has 0 unspecified atom stereocenters. The van der Waals surface area contributed by atoms with Crippen LogP contribution >= 0.6 is 11.3 Å². The summed E-state index contributed by atoms with van der Waals surface area (Å²) in [4.78, 5) is 43.2. The molecule has 0 saturated heterocycles. The highest BCUT2D eigenvalue weighted by atomic mass is 32.1. The molecule has 1 aliphatic carbocycles. The Morgan fingerprint density at radius 2 is 1.83 bits per heavy atom. The van der Waals surface area contributed by atoms with Crippen LogP contribution in [0.5, 0.6) is 0 Å². The van der Waals surface area contributed by atoms with E-state index in [0.29, 0.717) is 21.5 Å². The van der Waals surface area contributed by atoms with Gasteiger partial charge in [0.2, 0.25) is 5.91 Å². The lowest BCUT2D eigenvalue weighted by molar-refractivity contribution is -0.116. The van der Waals surface area contributed by atoms with Gasteiger partial charge in [-0.05, 0) is 80.5 Å². The van der Waals surface area contributed by atoms with Gasteiger partial charge in [0.15, 0.2) is 0 Å². The number of anilines is 1. The van der Waals surface area contributed by atoms with Crippen LogP contribution in [-0.4, -0.2) is 27.5 Å². The number of hydrogen-bond acceptors (Lipinski definition) is 6. The van der Waals surface area contributed by atoms with Gasteiger partial charge >= 0.3 is 5.97 Å². The third-order valence-electron chi connectivity index (χ3n) is 6.28. The second-order valence-corrected chi connectivity index (χ2v) is 10.1. The molecule has 2 aromatic carbocycles. The van der Waals surface area contributed by atoms with E-state index in [0.717, 1.165) is 24.0 Å². The van der Waals surface area contributed by atoms with Gasteiger partial charge in [0.25, 0.3) is 5.56 Å². The Hall–Kier alpha value is -3.78. The van der Waals surface area contributed by atoms with Crippen molar-refractivity contribution < 1.29 is 14.3 Å². The van der Waals surface area contributed by atoms with Crippen LogP contribution in [0.4, 0.5) is 5.69 Å². The van der Waals surface area contributed by atoms with Crippen molar-refractivity contribution in [2.45, 2.75) is 52.2 Å². The van der Waals surface area contributed by atoms with Gasteiger partial charge in [-0.25, -0.2) is 9.78 Å². The largest absolute Gasteiger partial charge is 0.459 e. The molecule has 0 atom stereocenters. The number of carbonyl (C=O) groups excluding carboxylic acids is 2. The zero-order chi connectivity index (χ0) is 25.2. The number of fused-ring (bicyclic) bond motifs is 2. The van der Waals surface area contributed by atoms with Crippen molar-refractivity contribution in [3.63, 3.8) is 0 Å². The van der Waals surface area contributed by atoms with Crippen LogP contribution in [0.3, 0.4) is 0 Å². The van der Waals surface area contributed by atoms with E-state index in [1.54, 1.807) is 38.1 Å². The number of hydrogen-bond donors (Lipinski definition) is 1. The van der Waals surface area contributed by atoms with E-state index in [2.05, 4.69) is 28.5 Å². The lowest BCUT2D eigenvalue weighted by Crippen LogP contribution is -2.27. The van der Waals surface area contributed by atoms with Gasteiger partial charge in [0, 0.05) is 16.6 Å². The lowest BCUT2D eigenvalue weighted by Gasteiger charge is -2.16. The zero-order valence-corrected chi connectivity index (χ0v) is 21.1. The van der Waals surface area contributed by atoms with Crippen molar-refractivity contribution in [3.05, 3.63) is 81.2 Å². The summed E-state index contributed by atoms with van der Waals surface area (Å²) in [5.41, 5.74) is 5.30. The molecule has 0 bridgehead atoms. The van der Waals surface area contributed by atoms with Crippen LogP contribution in [0.15, 0.2) is 59.0 Å². The monoisotopic (exact) mass is 501 g/mol. The minimum Gasteiger partial charge on any atom is -0.459 e. The van der Waals surface area contributed by atoms with Crippen LogP contribution in [0.25, 0.3) is 21.3 Å². The van der Waals surface area contributed by atoms with E-state index < -0.39 is 5.97 Å². The molecule has 4 aromatic rings. The Kier molecular flexibility index (Phi) is 6.69. The van der Waals surface area contributed by atoms with Crippen molar-refractivity contribution in [2.75, 3.05) is 5.32 Å². The minimum atomic E-state index is -0.417. The topological polar surface area (TPSA) is 90.3 Å². The normalized spacial score (nSPS) is 13.0. The van der Waals surface area contributed by atoms with Gasteiger partial charge in [0.1, 0.15) is 11.4 Å². The summed E-state index contributed by atoms with van der Waals surface area (Å²) in [5.74, 6) is -0.777. The summed E-state index contributed by atoms with van der Waals surface area (Å²) >= 11 is 1.43. The van der Waals surface area contributed by atoms with Crippen LogP contribution in [0.2, 0.25) is 0 Å². The number of benzene rings is 2. The predicted octanol–water partition coefficient (Wildman–Crippen LogP) is 5.21. The number of amides is 1. The number of nitrogens with zero attached hydrogens (tertiary/aromatic N) is 2. The first kappa shape index (κ1) is 23.9. The first-order chi connectivity index (χ1) is 17.4. The summed E-state index contributed by atoms with van der Waals surface area (Å²) < 4.78 is 6.51. The fraction of sp³-hybridized carbons (Fsp3) is 0.286. The smallest absolute Gasteiger partial charge is 0.338 e. The standard InChI is InChI=1S/C28H27N3O4S/c1-17(2)35-28(34)19-9-11-22(12-10-19)30-24(32)14-31-16-29-26-25(27(31)33)23(15-36-26)21-8-7-18-5-3-4-6-20(18)13-21/h7-13,15-17H,3-6,14H2,1-2H3,(H,30,32). The van der Waals surface area contributed by atoms with Gasteiger partial charge in [-0.2, -0.15) is 0 Å². The summed E-state index contributed by atoms with van der Waals surface area (Å²) in [6, 6.07) is 12.9. The molecule has 0 radical (unpaired) electrons. The lowest BCUT2D eigenvalue weighted by atomic mass is 9.89. The van der Waals surface area contributed by atoms with E-state index in [-0.39, 0.29) is 24.1 Å². The van der Waals surface area contributed by atoms with Crippen LogP contribution in [-0.2, 0) is 28.9 Å². The molecular weight excluding hydrogens is 474 g/mol. The van der Waals surface area contributed by atoms with Gasteiger partial charge in [-0.3, -0.25) is 14.2 Å². The molecule has 2 heterocycles. The molecule has 1 aliphatic rings. The van der Waals surface area contributed by atoms with E-state index in [4.69, 9.17) is 4.74 Å². The SMILES string of the molecule is CC(C)OC(=O)c1ccc(NC(=O)Cn2cnc3scc(-c4ccc5c(c4)CCCC5)c3c2=O)cc1. The maximum Gasteiger partial charge on any atom is 0.338 e. The molecule has 8 heteroatoms. The molecule has 7 nitrogen and oxygen atoms in total. The van der Waals surface area contributed by atoms with E-state index in [1.165, 1.54) is 46.2 Å². The molecule has 5 rings (SSSR count). The summed E-state index contributed by atoms with van der Waals surface area (Å²) in [7, 11) is 0. The molecule has 184 valence electrons. The van der Waals surface area contributed by atoms with E-state index >= 15 is 0 Å². The quantitative estimate of drug-likeness (QED) is 0.367. The molecule has 0 saturated carbocycles. The summed E-state index contributed by atoms with van der Waals surface area (Å²) in [5, 5.41) is 5.28. The fourth-order valence-electron chi connectivity index (χ4n) is 4.52. The average molecular weight is 502 g/mol. The number of aryl methyl sites for hydroxylation is 2. The average Bonchev–Trinajstić information content (AvgIpc) is 3.30. The van der Waals surface area contributed by atoms with Gasteiger partial charge in [-0.1, -0.05) is 18.2 Å². The number of nitrogens with one attached hydrogen (secondary N) is 1. The number of esters is 1. The number of thiophene rings is 1. The minimum absolute atomic E-state index is 0.168. The number of carbonyl (C=O) groups is 2. The highest BCUT2D eigenvalue weighted by molar-refractivity contribution is 7.17. The second-order valence-electron chi connectivity index (χ2n) is 9.28. The fourth-order valence-corrected chi connectivity index (χ4v) is 5.43. The summed E-state index contributed by atoms with van der Waals surface area (Å²) in [6.45, 7) is 3.40. The molecule has 1 N–H and O–H groups in total. The molecule has 0 fully saturated rings. The number of rotatable bonds is 6. The Labute approximate surface area is 212 Å².